The van der Waals surface area contributed by atoms with Gasteiger partial charge < -0.3 is 5.32 Å². The van der Waals surface area contributed by atoms with Crippen molar-refractivity contribution in [2.24, 2.45) is 0 Å². The number of aryl methyl sites for hydroxylation is 3. The van der Waals surface area contributed by atoms with E-state index in [4.69, 9.17) is 0 Å². The second-order valence-electron chi connectivity index (χ2n) is 5.38. The molecule has 0 aliphatic heterocycles. The molecule has 0 aromatic heterocycles. The van der Waals surface area contributed by atoms with Crippen molar-refractivity contribution in [1.82, 2.24) is 5.32 Å². The molecule has 0 aliphatic rings. The van der Waals surface area contributed by atoms with Gasteiger partial charge in [-0.05, 0) is 55.5 Å². The van der Waals surface area contributed by atoms with Crippen LogP contribution in [0.1, 0.15) is 40.8 Å². The second kappa shape index (κ2) is 6.03. The minimum atomic E-state index is 0.378. The summed E-state index contributed by atoms with van der Waals surface area (Å²) in [6.07, 6.45) is 0. The van der Waals surface area contributed by atoms with Gasteiger partial charge in [-0.1, -0.05) is 42.5 Å². The summed E-state index contributed by atoms with van der Waals surface area (Å²) in [4.78, 5) is 0. The summed E-state index contributed by atoms with van der Waals surface area (Å²) in [5.41, 5.74) is 6.80. The van der Waals surface area contributed by atoms with Crippen molar-refractivity contribution in [2.45, 2.75) is 40.3 Å². The standard InChI is InChI=1S/C18H23N/c1-13-9-10-17(11-15(13)3)12-19-16(4)18-8-6-5-7-14(18)2/h5-11,16,19H,12H2,1-4H3/t16-/m0/s1. The Morgan fingerprint density at radius 2 is 1.63 bits per heavy atom. The Kier molecular flexibility index (Phi) is 4.39. The van der Waals surface area contributed by atoms with Gasteiger partial charge in [0.2, 0.25) is 0 Å². The monoisotopic (exact) mass is 253 g/mol. The molecule has 0 saturated heterocycles. The highest BCUT2D eigenvalue weighted by Crippen LogP contribution is 2.17. The van der Waals surface area contributed by atoms with Crippen molar-refractivity contribution in [3.05, 3.63) is 70.3 Å². The van der Waals surface area contributed by atoms with Crippen LogP contribution in [0.5, 0.6) is 0 Å². The topological polar surface area (TPSA) is 12.0 Å². The number of nitrogens with one attached hydrogen (secondary N) is 1. The molecule has 2 aromatic carbocycles. The number of rotatable bonds is 4. The first kappa shape index (κ1) is 13.8. The minimum Gasteiger partial charge on any atom is -0.306 e. The maximum Gasteiger partial charge on any atom is 0.0297 e. The van der Waals surface area contributed by atoms with Gasteiger partial charge in [0.25, 0.3) is 0 Å². The number of benzene rings is 2. The summed E-state index contributed by atoms with van der Waals surface area (Å²) < 4.78 is 0. The Morgan fingerprint density at radius 1 is 0.895 bits per heavy atom. The van der Waals surface area contributed by atoms with Gasteiger partial charge in [-0.25, -0.2) is 0 Å². The zero-order chi connectivity index (χ0) is 13.8. The molecule has 1 N–H and O–H groups in total. The van der Waals surface area contributed by atoms with Gasteiger partial charge in [0.15, 0.2) is 0 Å². The fourth-order valence-corrected chi connectivity index (χ4v) is 2.37. The Hall–Kier alpha value is -1.60. The minimum absolute atomic E-state index is 0.378. The molecule has 0 amide bonds. The largest absolute Gasteiger partial charge is 0.306 e. The van der Waals surface area contributed by atoms with Crippen LogP contribution in [0.4, 0.5) is 0 Å². The highest BCUT2D eigenvalue weighted by molar-refractivity contribution is 5.31. The molecule has 0 radical (unpaired) electrons. The molecule has 0 heterocycles. The summed E-state index contributed by atoms with van der Waals surface area (Å²) >= 11 is 0. The fourth-order valence-electron chi connectivity index (χ4n) is 2.37. The first-order valence-electron chi connectivity index (χ1n) is 6.93. The third-order valence-corrected chi connectivity index (χ3v) is 3.84. The third-order valence-electron chi connectivity index (χ3n) is 3.84. The van der Waals surface area contributed by atoms with Crippen molar-refractivity contribution >= 4 is 0 Å². The van der Waals surface area contributed by atoms with E-state index >= 15 is 0 Å². The van der Waals surface area contributed by atoms with E-state index in [1.807, 2.05) is 0 Å². The molecule has 1 atom stereocenters. The van der Waals surface area contributed by atoms with E-state index in [0.717, 1.165) is 6.54 Å². The molecule has 1 nitrogen and oxygen atoms in total. The zero-order valence-corrected chi connectivity index (χ0v) is 12.3. The van der Waals surface area contributed by atoms with Crippen LogP contribution in [0, 0.1) is 20.8 Å². The third kappa shape index (κ3) is 3.45. The molecule has 19 heavy (non-hydrogen) atoms. The van der Waals surface area contributed by atoms with Crippen LogP contribution in [0.3, 0.4) is 0 Å². The predicted octanol–water partition coefficient (Wildman–Crippen LogP) is 4.46. The van der Waals surface area contributed by atoms with Crippen molar-refractivity contribution in [1.29, 1.82) is 0 Å². The Labute approximate surface area is 116 Å². The summed E-state index contributed by atoms with van der Waals surface area (Å²) in [6, 6.07) is 15.6. The lowest BCUT2D eigenvalue weighted by atomic mass is 10.0. The highest BCUT2D eigenvalue weighted by atomic mass is 14.9. The molecule has 100 valence electrons. The Bertz CT molecular complexity index is 557. The lowest BCUT2D eigenvalue weighted by molar-refractivity contribution is 0.572. The van der Waals surface area contributed by atoms with Gasteiger partial charge in [-0.3, -0.25) is 0 Å². The normalized spacial score (nSPS) is 12.4. The first-order valence-corrected chi connectivity index (χ1v) is 6.93. The van der Waals surface area contributed by atoms with E-state index in [9.17, 15) is 0 Å². The van der Waals surface area contributed by atoms with Gasteiger partial charge in [0.05, 0.1) is 0 Å². The highest BCUT2D eigenvalue weighted by Gasteiger charge is 2.07. The smallest absolute Gasteiger partial charge is 0.0297 e. The summed E-state index contributed by atoms with van der Waals surface area (Å²) in [5, 5.41) is 3.60. The SMILES string of the molecule is Cc1ccc(CN[C@@H](C)c2ccccc2C)cc1C. The molecule has 2 rings (SSSR count). The van der Waals surface area contributed by atoms with Crippen LogP contribution < -0.4 is 5.32 Å². The number of hydrogen-bond donors (Lipinski definition) is 1. The van der Waals surface area contributed by atoms with Gasteiger partial charge in [0, 0.05) is 12.6 Å². The van der Waals surface area contributed by atoms with Crippen molar-refractivity contribution in [3.8, 4) is 0 Å². The van der Waals surface area contributed by atoms with Gasteiger partial charge >= 0.3 is 0 Å². The Morgan fingerprint density at radius 3 is 2.32 bits per heavy atom. The summed E-state index contributed by atoms with van der Waals surface area (Å²) in [5.74, 6) is 0. The quantitative estimate of drug-likeness (QED) is 0.848. The molecule has 0 fully saturated rings. The molecule has 0 aliphatic carbocycles. The van der Waals surface area contributed by atoms with Crippen LogP contribution in [-0.2, 0) is 6.54 Å². The molecular weight excluding hydrogens is 230 g/mol. The van der Waals surface area contributed by atoms with E-state index in [1.54, 1.807) is 0 Å². The molecule has 0 spiro atoms. The van der Waals surface area contributed by atoms with E-state index in [0.29, 0.717) is 6.04 Å². The molecule has 1 heteroatoms. The van der Waals surface area contributed by atoms with Gasteiger partial charge in [-0.15, -0.1) is 0 Å². The summed E-state index contributed by atoms with van der Waals surface area (Å²) in [7, 11) is 0. The van der Waals surface area contributed by atoms with Gasteiger partial charge in [-0.2, -0.15) is 0 Å². The fraction of sp³-hybridized carbons (Fsp3) is 0.333. The average molecular weight is 253 g/mol. The summed E-state index contributed by atoms with van der Waals surface area (Å²) in [6.45, 7) is 9.63. The zero-order valence-electron chi connectivity index (χ0n) is 12.3. The average Bonchev–Trinajstić information content (AvgIpc) is 2.40. The molecule has 0 saturated carbocycles. The van der Waals surface area contributed by atoms with Crippen LogP contribution in [0.15, 0.2) is 42.5 Å². The lowest BCUT2D eigenvalue weighted by Crippen LogP contribution is -2.18. The predicted molar refractivity (Wildman–Crippen MR) is 82.3 cm³/mol. The van der Waals surface area contributed by atoms with Crippen molar-refractivity contribution < 1.29 is 0 Å². The molecule has 2 aromatic rings. The van der Waals surface area contributed by atoms with E-state index in [2.05, 4.69) is 75.5 Å². The maximum absolute atomic E-state index is 3.60. The van der Waals surface area contributed by atoms with Crippen molar-refractivity contribution in [2.75, 3.05) is 0 Å². The molecular formula is C18H23N. The van der Waals surface area contributed by atoms with Crippen LogP contribution in [0.2, 0.25) is 0 Å². The first-order chi connectivity index (χ1) is 9.08. The van der Waals surface area contributed by atoms with E-state index in [-0.39, 0.29) is 0 Å². The second-order valence-corrected chi connectivity index (χ2v) is 5.38. The van der Waals surface area contributed by atoms with Crippen LogP contribution in [0.25, 0.3) is 0 Å². The van der Waals surface area contributed by atoms with Crippen molar-refractivity contribution in [3.63, 3.8) is 0 Å². The van der Waals surface area contributed by atoms with Crippen LogP contribution in [-0.4, -0.2) is 0 Å². The lowest BCUT2D eigenvalue weighted by Gasteiger charge is -2.17. The van der Waals surface area contributed by atoms with E-state index in [1.165, 1.54) is 27.8 Å². The molecule has 0 unspecified atom stereocenters. The Balaban J connectivity index is 2.02. The number of hydrogen-bond acceptors (Lipinski definition) is 1. The van der Waals surface area contributed by atoms with E-state index < -0.39 is 0 Å². The van der Waals surface area contributed by atoms with Crippen LogP contribution >= 0.6 is 0 Å². The maximum atomic E-state index is 3.60. The molecule has 0 bridgehead atoms. The van der Waals surface area contributed by atoms with Gasteiger partial charge in [0.1, 0.15) is 0 Å².